The molecule has 0 unspecified atom stereocenters. The van der Waals surface area contributed by atoms with Gasteiger partial charge in [0, 0.05) is 0 Å². The van der Waals surface area contributed by atoms with E-state index in [1.165, 1.54) is 96.3 Å². The monoisotopic (exact) mass is 306 g/mol. The molecule has 0 heterocycles. The minimum absolute atomic E-state index is 0. The Kier molecular flexibility index (Phi) is 26.8. The SMILES string of the molecule is CCCCCCCC/C=C\CCCCCCCCC.[KH]. The molecular formula is C19H39K. The van der Waals surface area contributed by atoms with Crippen molar-refractivity contribution in [2.75, 3.05) is 0 Å². The Balaban J connectivity index is 0. The van der Waals surface area contributed by atoms with Crippen LogP contribution in [-0.4, -0.2) is 51.4 Å². The first-order valence-corrected chi connectivity index (χ1v) is 9.06. The molecule has 0 amide bonds. The zero-order valence-electron chi connectivity index (χ0n) is 13.8. The molecule has 0 aromatic heterocycles. The Labute approximate surface area is 172 Å². The van der Waals surface area contributed by atoms with Gasteiger partial charge in [0.25, 0.3) is 0 Å². The zero-order chi connectivity index (χ0) is 14.0. The topological polar surface area (TPSA) is 0 Å². The second-order valence-electron chi connectivity index (χ2n) is 5.94. The summed E-state index contributed by atoms with van der Waals surface area (Å²) in [6.45, 7) is 4.57. The van der Waals surface area contributed by atoms with E-state index in [4.69, 9.17) is 0 Å². The first-order valence-electron chi connectivity index (χ1n) is 9.06. The van der Waals surface area contributed by atoms with Gasteiger partial charge < -0.3 is 0 Å². The molecule has 0 fully saturated rings. The van der Waals surface area contributed by atoms with E-state index in [2.05, 4.69) is 26.0 Å². The maximum atomic E-state index is 2.41. The van der Waals surface area contributed by atoms with Crippen LogP contribution in [0.5, 0.6) is 0 Å². The third-order valence-corrected chi connectivity index (χ3v) is 3.87. The van der Waals surface area contributed by atoms with Gasteiger partial charge in [0.15, 0.2) is 0 Å². The summed E-state index contributed by atoms with van der Waals surface area (Å²) in [5, 5.41) is 0. The predicted molar refractivity (Wildman–Crippen MR) is 96.9 cm³/mol. The Morgan fingerprint density at radius 1 is 0.450 bits per heavy atom. The second-order valence-corrected chi connectivity index (χ2v) is 5.94. The van der Waals surface area contributed by atoms with Gasteiger partial charge in [-0.25, -0.2) is 0 Å². The van der Waals surface area contributed by atoms with Gasteiger partial charge in [0.05, 0.1) is 0 Å². The van der Waals surface area contributed by atoms with Gasteiger partial charge in [-0.15, -0.1) is 0 Å². The third kappa shape index (κ3) is 21.7. The van der Waals surface area contributed by atoms with Crippen LogP contribution in [0.25, 0.3) is 0 Å². The van der Waals surface area contributed by atoms with Crippen molar-refractivity contribution in [1.82, 2.24) is 0 Å². The van der Waals surface area contributed by atoms with Gasteiger partial charge in [-0.2, -0.15) is 0 Å². The Hall–Kier alpha value is 1.38. The summed E-state index contributed by atoms with van der Waals surface area (Å²) in [4.78, 5) is 0. The molecule has 0 aliphatic carbocycles. The maximum absolute atomic E-state index is 2.41. The third-order valence-electron chi connectivity index (χ3n) is 3.87. The molecule has 0 rings (SSSR count). The van der Waals surface area contributed by atoms with Crippen molar-refractivity contribution in [3.05, 3.63) is 12.2 Å². The molecule has 0 aliphatic heterocycles. The summed E-state index contributed by atoms with van der Waals surface area (Å²) in [6, 6.07) is 0. The molecule has 1 heteroatoms. The molecule has 116 valence electrons. The predicted octanol–water partition coefficient (Wildman–Crippen LogP) is 6.79. The summed E-state index contributed by atoms with van der Waals surface area (Å²) in [7, 11) is 0. The molecular weight excluding hydrogens is 267 g/mol. The molecule has 0 saturated carbocycles. The number of unbranched alkanes of at least 4 members (excludes halogenated alkanes) is 13. The molecule has 0 radical (unpaired) electrons. The number of rotatable bonds is 15. The van der Waals surface area contributed by atoms with Gasteiger partial charge in [0.1, 0.15) is 0 Å². The first-order chi connectivity index (χ1) is 9.41. The van der Waals surface area contributed by atoms with Crippen molar-refractivity contribution < 1.29 is 0 Å². The summed E-state index contributed by atoms with van der Waals surface area (Å²) < 4.78 is 0. The summed E-state index contributed by atoms with van der Waals surface area (Å²) in [5.41, 5.74) is 0. The van der Waals surface area contributed by atoms with Gasteiger partial charge in [0.2, 0.25) is 0 Å². The van der Waals surface area contributed by atoms with Crippen LogP contribution in [-0.2, 0) is 0 Å². The van der Waals surface area contributed by atoms with E-state index in [-0.39, 0.29) is 51.4 Å². The molecule has 0 aromatic rings. The number of hydrogen-bond acceptors (Lipinski definition) is 0. The van der Waals surface area contributed by atoms with Crippen molar-refractivity contribution in [2.45, 2.75) is 110 Å². The van der Waals surface area contributed by atoms with Gasteiger partial charge >= 0.3 is 51.4 Å². The van der Waals surface area contributed by atoms with Gasteiger partial charge in [-0.1, -0.05) is 96.6 Å². The van der Waals surface area contributed by atoms with Crippen molar-refractivity contribution in [2.24, 2.45) is 0 Å². The Bertz CT molecular complexity index is 175. The summed E-state index contributed by atoms with van der Waals surface area (Å²) >= 11 is 0. The zero-order valence-corrected chi connectivity index (χ0v) is 13.8. The average molecular weight is 307 g/mol. The molecule has 0 aromatic carbocycles. The summed E-state index contributed by atoms with van der Waals surface area (Å²) in [5.74, 6) is 0. The number of hydrogen-bond donors (Lipinski definition) is 0. The van der Waals surface area contributed by atoms with E-state index < -0.39 is 0 Å². The molecule has 20 heavy (non-hydrogen) atoms. The van der Waals surface area contributed by atoms with Gasteiger partial charge in [-0.3, -0.25) is 0 Å². The van der Waals surface area contributed by atoms with Crippen LogP contribution in [0.1, 0.15) is 110 Å². The fourth-order valence-electron chi connectivity index (χ4n) is 2.50. The molecule has 0 nitrogen and oxygen atoms in total. The molecule has 0 N–H and O–H groups in total. The fourth-order valence-corrected chi connectivity index (χ4v) is 2.50. The van der Waals surface area contributed by atoms with Crippen molar-refractivity contribution >= 4 is 51.4 Å². The minimum atomic E-state index is 0. The Morgan fingerprint density at radius 2 is 0.750 bits per heavy atom. The van der Waals surface area contributed by atoms with Crippen LogP contribution in [0.15, 0.2) is 12.2 Å². The first kappa shape index (κ1) is 23.6. The molecule has 0 aliphatic rings. The standard InChI is InChI=1S/C19H38.K.H/c1-3-5-7-9-11-13-15-17-19-18-16-14-12-10-8-6-4-2;;/h17,19H,3-16,18H2,1-2H3;;/b19-17-;;. The van der Waals surface area contributed by atoms with Crippen LogP contribution in [0.3, 0.4) is 0 Å². The average Bonchev–Trinajstić information content (AvgIpc) is 2.43. The van der Waals surface area contributed by atoms with Crippen LogP contribution in [0.4, 0.5) is 0 Å². The van der Waals surface area contributed by atoms with E-state index >= 15 is 0 Å². The quantitative estimate of drug-likeness (QED) is 0.177. The molecule has 0 spiro atoms. The normalized spacial score (nSPS) is 10.9. The van der Waals surface area contributed by atoms with E-state index in [1.807, 2.05) is 0 Å². The van der Waals surface area contributed by atoms with E-state index in [1.54, 1.807) is 0 Å². The second kappa shape index (κ2) is 22.7. The van der Waals surface area contributed by atoms with Crippen LogP contribution in [0, 0.1) is 0 Å². The fraction of sp³-hybridized carbons (Fsp3) is 0.895. The van der Waals surface area contributed by atoms with Gasteiger partial charge in [-0.05, 0) is 25.7 Å². The van der Waals surface area contributed by atoms with Crippen molar-refractivity contribution in [3.63, 3.8) is 0 Å². The summed E-state index contributed by atoms with van der Waals surface area (Å²) in [6.07, 6.45) is 25.9. The van der Waals surface area contributed by atoms with E-state index in [0.29, 0.717) is 0 Å². The van der Waals surface area contributed by atoms with E-state index in [9.17, 15) is 0 Å². The molecule has 0 saturated heterocycles. The molecule has 0 atom stereocenters. The Morgan fingerprint density at radius 3 is 1.10 bits per heavy atom. The van der Waals surface area contributed by atoms with Crippen LogP contribution < -0.4 is 0 Å². The van der Waals surface area contributed by atoms with Crippen molar-refractivity contribution in [3.8, 4) is 0 Å². The number of allylic oxidation sites excluding steroid dienone is 2. The van der Waals surface area contributed by atoms with E-state index in [0.717, 1.165) is 0 Å². The molecule has 0 bridgehead atoms. The van der Waals surface area contributed by atoms with Crippen molar-refractivity contribution in [1.29, 1.82) is 0 Å². The van der Waals surface area contributed by atoms with Crippen LogP contribution >= 0.6 is 0 Å². The van der Waals surface area contributed by atoms with Crippen LogP contribution in [0.2, 0.25) is 0 Å².